The Kier molecular flexibility index (Phi) is 5.25. The van der Waals surface area contributed by atoms with Gasteiger partial charge in [-0.25, -0.2) is 15.0 Å². The number of ether oxygens (including phenoxy) is 1. The van der Waals surface area contributed by atoms with Crippen LogP contribution in [0, 0.1) is 11.8 Å². The van der Waals surface area contributed by atoms with Crippen molar-refractivity contribution in [3.63, 3.8) is 0 Å². The van der Waals surface area contributed by atoms with Gasteiger partial charge in [-0.05, 0) is 67.9 Å². The normalized spacial score (nSPS) is 22.1. The fraction of sp³-hybridized carbons (Fsp3) is 0.414. The highest BCUT2D eigenvalue weighted by molar-refractivity contribution is 6.00. The fourth-order valence-electron chi connectivity index (χ4n) is 6.78. The minimum atomic E-state index is -0.0139. The van der Waals surface area contributed by atoms with Crippen molar-refractivity contribution in [2.24, 2.45) is 17.6 Å². The Bertz CT molecular complexity index is 1750. The van der Waals surface area contributed by atoms with Gasteiger partial charge in [0.1, 0.15) is 23.2 Å². The summed E-state index contributed by atoms with van der Waals surface area (Å²) in [6.07, 6.45) is 7.92. The Balaban J connectivity index is 1.31. The molecule has 11 heteroatoms. The van der Waals surface area contributed by atoms with Crippen molar-refractivity contribution in [2.45, 2.75) is 50.9 Å². The number of pyridine rings is 1. The lowest BCUT2D eigenvalue weighted by atomic mass is 10.1. The highest BCUT2D eigenvalue weighted by Crippen LogP contribution is 2.40. The van der Waals surface area contributed by atoms with E-state index < -0.39 is 0 Å². The average molecular weight is 538 g/mol. The molecule has 8 rings (SSSR count). The molecule has 4 aromatic heterocycles. The Hall–Kier alpha value is -4.25. The summed E-state index contributed by atoms with van der Waals surface area (Å²) in [6, 6.07) is 10.1. The molecule has 2 aliphatic carbocycles. The summed E-state index contributed by atoms with van der Waals surface area (Å²) in [6.45, 7) is 1.99. The number of fused-ring (bicyclic) bond motifs is 4. The van der Waals surface area contributed by atoms with Gasteiger partial charge in [0, 0.05) is 42.3 Å². The molecule has 1 saturated heterocycles. The van der Waals surface area contributed by atoms with Crippen LogP contribution in [0.15, 0.2) is 42.9 Å². The molecule has 40 heavy (non-hydrogen) atoms. The molecule has 2 saturated carbocycles. The van der Waals surface area contributed by atoms with Crippen molar-refractivity contribution in [3.05, 3.63) is 54.2 Å². The third-order valence-electron chi connectivity index (χ3n) is 8.97. The molecule has 5 heterocycles. The number of H-pyrrole nitrogens is 1. The maximum atomic E-state index is 13.8. The number of aromatic amines is 1. The molecule has 3 fully saturated rings. The molecule has 11 nitrogen and oxygen atoms in total. The van der Waals surface area contributed by atoms with Gasteiger partial charge < -0.3 is 24.5 Å². The third-order valence-corrected chi connectivity index (χ3v) is 8.97. The first-order valence-corrected chi connectivity index (χ1v) is 14.0. The van der Waals surface area contributed by atoms with Gasteiger partial charge in [-0.2, -0.15) is 5.10 Å². The van der Waals surface area contributed by atoms with Crippen molar-refractivity contribution in [1.29, 1.82) is 0 Å². The summed E-state index contributed by atoms with van der Waals surface area (Å²) >= 11 is 0. The van der Waals surface area contributed by atoms with Gasteiger partial charge in [0.15, 0.2) is 11.6 Å². The second kappa shape index (κ2) is 8.88. The predicted octanol–water partition coefficient (Wildman–Crippen LogP) is 3.20. The third kappa shape index (κ3) is 3.64. The summed E-state index contributed by atoms with van der Waals surface area (Å²) in [5.41, 5.74) is 10.4. The number of carbonyl (C=O) groups excluding carboxylic acids is 1. The number of likely N-dealkylation sites (tertiary alicyclic amines) is 1. The van der Waals surface area contributed by atoms with Crippen LogP contribution >= 0.6 is 0 Å². The van der Waals surface area contributed by atoms with Crippen LogP contribution in [0.2, 0.25) is 0 Å². The van der Waals surface area contributed by atoms with Crippen LogP contribution in [0.3, 0.4) is 0 Å². The van der Waals surface area contributed by atoms with E-state index in [1.165, 1.54) is 12.8 Å². The van der Waals surface area contributed by atoms with Crippen LogP contribution in [0.4, 0.5) is 0 Å². The minimum Gasteiger partial charge on any atom is -0.494 e. The number of hydrogen-bond acceptors (Lipinski definition) is 7. The molecule has 2 bridgehead atoms. The standard InChI is InChI=1S/C29H31N9O2/c1-40-23-11-19(29(39)37-13-18-6-7-21(37)25(18)30)9-20-26(23)38(14-24-32-15-33-35-24)28(34-20)22-10-17-3-2-8-31-27(17)36(22)12-16-4-5-16/h2-3,8-11,15-16,18,21,25H,4-7,12-14,30H2,1H3,(H,32,33,35)/t18?,21?,25-/m1/s1. The zero-order chi connectivity index (χ0) is 27.0. The minimum absolute atomic E-state index is 0.0139. The monoisotopic (exact) mass is 537 g/mol. The van der Waals surface area contributed by atoms with Gasteiger partial charge in [0.2, 0.25) is 0 Å². The van der Waals surface area contributed by atoms with Crippen molar-refractivity contribution in [2.75, 3.05) is 13.7 Å². The topological polar surface area (TPSA) is 133 Å². The first-order chi connectivity index (χ1) is 19.6. The molecule has 5 aromatic rings. The summed E-state index contributed by atoms with van der Waals surface area (Å²) in [4.78, 5) is 30.0. The Morgan fingerprint density at radius 3 is 2.77 bits per heavy atom. The van der Waals surface area contributed by atoms with Crippen molar-refractivity contribution < 1.29 is 9.53 Å². The molecule has 0 spiro atoms. The molecule has 204 valence electrons. The van der Waals surface area contributed by atoms with Crippen molar-refractivity contribution in [1.82, 2.24) is 39.2 Å². The summed E-state index contributed by atoms with van der Waals surface area (Å²) in [5, 5.41) is 8.20. The van der Waals surface area contributed by atoms with Crippen molar-refractivity contribution >= 4 is 28.0 Å². The second-order valence-electron chi connectivity index (χ2n) is 11.4. The number of piperidine rings is 1. The number of nitrogens with zero attached hydrogens (tertiary/aromatic N) is 7. The average Bonchev–Trinajstić information content (AvgIpc) is 3.34. The summed E-state index contributed by atoms with van der Waals surface area (Å²) in [7, 11) is 1.63. The quantitative estimate of drug-likeness (QED) is 0.326. The second-order valence-corrected chi connectivity index (χ2v) is 11.4. The molecule has 0 radical (unpaired) electrons. The maximum Gasteiger partial charge on any atom is 0.254 e. The van der Waals surface area contributed by atoms with E-state index in [0.717, 1.165) is 47.5 Å². The van der Waals surface area contributed by atoms with Crippen LogP contribution in [0.25, 0.3) is 33.6 Å². The zero-order valence-corrected chi connectivity index (χ0v) is 22.3. The molecule has 3 aliphatic rings. The number of aromatic nitrogens is 7. The number of amides is 1. The molecular formula is C29H31N9O2. The Morgan fingerprint density at radius 2 is 2.05 bits per heavy atom. The highest BCUT2D eigenvalue weighted by Gasteiger charge is 2.47. The van der Waals surface area contributed by atoms with Gasteiger partial charge >= 0.3 is 0 Å². The van der Waals surface area contributed by atoms with E-state index in [9.17, 15) is 4.79 Å². The number of nitrogens with one attached hydrogen (secondary N) is 1. The van der Waals surface area contributed by atoms with Gasteiger partial charge in [-0.15, -0.1) is 0 Å². The number of methoxy groups -OCH3 is 1. The molecule has 3 N–H and O–H groups in total. The van der Waals surface area contributed by atoms with Crippen LogP contribution in [-0.4, -0.2) is 70.8 Å². The van der Waals surface area contributed by atoms with E-state index in [4.69, 9.17) is 20.4 Å². The molecule has 1 aliphatic heterocycles. The van der Waals surface area contributed by atoms with Crippen LogP contribution in [0.5, 0.6) is 5.75 Å². The molecule has 2 unspecified atom stereocenters. The van der Waals surface area contributed by atoms with E-state index in [0.29, 0.717) is 47.6 Å². The number of imidazole rings is 1. The lowest BCUT2D eigenvalue weighted by molar-refractivity contribution is 0.0700. The number of carbonyl (C=O) groups is 1. The van der Waals surface area contributed by atoms with E-state index in [-0.39, 0.29) is 18.0 Å². The molecular weight excluding hydrogens is 506 g/mol. The Labute approximate surface area is 230 Å². The summed E-state index contributed by atoms with van der Waals surface area (Å²) in [5.74, 6) is 3.00. The first-order valence-electron chi connectivity index (χ1n) is 14.0. The summed E-state index contributed by atoms with van der Waals surface area (Å²) < 4.78 is 10.3. The maximum absolute atomic E-state index is 13.8. The molecule has 1 amide bonds. The van der Waals surface area contributed by atoms with E-state index >= 15 is 0 Å². The number of benzene rings is 1. The fourth-order valence-corrected chi connectivity index (χ4v) is 6.78. The van der Waals surface area contributed by atoms with Crippen LogP contribution in [0.1, 0.15) is 41.9 Å². The highest BCUT2D eigenvalue weighted by atomic mass is 16.5. The van der Waals surface area contributed by atoms with E-state index in [1.807, 2.05) is 29.3 Å². The molecule has 1 aromatic carbocycles. The predicted molar refractivity (Wildman–Crippen MR) is 149 cm³/mol. The number of hydrogen-bond donors (Lipinski definition) is 2. The van der Waals surface area contributed by atoms with Gasteiger partial charge in [0.05, 0.1) is 24.9 Å². The van der Waals surface area contributed by atoms with Gasteiger partial charge in [-0.3, -0.25) is 9.89 Å². The van der Waals surface area contributed by atoms with E-state index in [1.54, 1.807) is 13.4 Å². The van der Waals surface area contributed by atoms with Crippen molar-refractivity contribution in [3.8, 4) is 17.3 Å². The number of rotatable bonds is 7. The van der Waals surface area contributed by atoms with Crippen LogP contribution < -0.4 is 10.5 Å². The molecule has 3 atom stereocenters. The van der Waals surface area contributed by atoms with Gasteiger partial charge in [0.25, 0.3) is 5.91 Å². The lowest BCUT2D eigenvalue weighted by Crippen LogP contribution is -2.41. The Morgan fingerprint density at radius 1 is 1.15 bits per heavy atom. The zero-order valence-electron chi connectivity index (χ0n) is 22.3. The van der Waals surface area contributed by atoms with E-state index in [2.05, 4.69) is 36.4 Å². The number of nitrogens with two attached hydrogens (primary N) is 1. The lowest BCUT2D eigenvalue weighted by Gasteiger charge is -2.27. The smallest absolute Gasteiger partial charge is 0.254 e. The SMILES string of the molecule is COc1cc(C(=O)N2CC3CCC2[C@@H]3N)cc2nc(-c3cc4cccnc4n3CC3CC3)n(Cc3nc[nH]n3)c12. The van der Waals surface area contributed by atoms with Crippen LogP contribution in [-0.2, 0) is 13.1 Å². The largest absolute Gasteiger partial charge is 0.494 e. The first kappa shape index (κ1) is 23.6. The van der Waals surface area contributed by atoms with Gasteiger partial charge in [-0.1, -0.05) is 0 Å².